The Hall–Kier alpha value is -1.14. The number of hydrazine groups is 1. The van der Waals surface area contributed by atoms with Gasteiger partial charge in [0, 0.05) is 13.8 Å². The van der Waals surface area contributed by atoms with Gasteiger partial charge in [0.2, 0.25) is 5.91 Å². The maximum atomic E-state index is 10.9. The summed E-state index contributed by atoms with van der Waals surface area (Å²) in [6.07, 6.45) is 0. The predicted molar refractivity (Wildman–Crippen MR) is 48.9 cm³/mol. The summed E-state index contributed by atoms with van der Waals surface area (Å²) >= 11 is 0. The number of likely N-dealkylation sites (tertiary alicyclic amines) is 1. The Morgan fingerprint density at radius 2 is 2.07 bits per heavy atom. The minimum atomic E-state index is -0.633. The second-order valence-electron chi connectivity index (χ2n) is 3.53. The van der Waals surface area contributed by atoms with Gasteiger partial charge in [-0.1, -0.05) is 0 Å². The third-order valence-corrected chi connectivity index (χ3v) is 2.19. The van der Waals surface area contributed by atoms with Gasteiger partial charge in [0.1, 0.15) is 0 Å². The van der Waals surface area contributed by atoms with E-state index in [1.807, 2.05) is 0 Å². The number of hydrogen-bond donors (Lipinski definition) is 2. The average molecular weight is 201 g/mol. The number of rotatable bonds is 3. The molecule has 0 spiro atoms. The van der Waals surface area contributed by atoms with Gasteiger partial charge in [-0.25, -0.2) is 0 Å². The van der Waals surface area contributed by atoms with E-state index in [1.54, 1.807) is 4.90 Å². The van der Waals surface area contributed by atoms with Crippen LogP contribution in [0.4, 0.5) is 0 Å². The van der Waals surface area contributed by atoms with Crippen LogP contribution in [0.5, 0.6) is 0 Å². The number of nitrogens with one attached hydrogen (secondary N) is 1. The summed E-state index contributed by atoms with van der Waals surface area (Å²) in [5, 5.41) is 0. The summed E-state index contributed by atoms with van der Waals surface area (Å²) in [6, 6.07) is 0. The van der Waals surface area contributed by atoms with Crippen LogP contribution >= 0.6 is 0 Å². The molecule has 1 heterocycles. The molecule has 1 fully saturated rings. The van der Waals surface area contributed by atoms with Gasteiger partial charge in [-0.15, -0.1) is 0 Å². The zero-order valence-electron chi connectivity index (χ0n) is 8.37. The quantitative estimate of drug-likeness (QED) is 0.334. The van der Waals surface area contributed by atoms with E-state index >= 15 is 0 Å². The Morgan fingerprint density at radius 1 is 1.50 bits per heavy atom. The molecule has 0 aliphatic carbocycles. The van der Waals surface area contributed by atoms with E-state index in [-0.39, 0.29) is 11.9 Å². The normalized spacial score (nSPS) is 18.6. The molecule has 1 aliphatic heterocycles. The highest BCUT2D eigenvalue weighted by Crippen LogP contribution is 2.24. The topological polar surface area (TPSA) is 84.7 Å². The Kier molecular flexibility index (Phi) is 3.07. The van der Waals surface area contributed by atoms with E-state index in [0.29, 0.717) is 19.6 Å². The van der Waals surface area contributed by atoms with Crippen molar-refractivity contribution in [1.29, 1.82) is 0 Å². The van der Waals surface area contributed by atoms with Gasteiger partial charge in [-0.2, -0.15) is 0 Å². The lowest BCUT2D eigenvalue weighted by Gasteiger charge is -2.48. The highest BCUT2D eigenvalue weighted by molar-refractivity contribution is 5.75. The van der Waals surface area contributed by atoms with Crippen LogP contribution in [0.2, 0.25) is 0 Å². The molecule has 1 aliphatic rings. The van der Waals surface area contributed by atoms with Crippen molar-refractivity contribution in [2.45, 2.75) is 19.4 Å². The van der Waals surface area contributed by atoms with Crippen LogP contribution in [0.25, 0.3) is 0 Å². The fourth-order valence-corrected chi connectivity index (χ4v) is 1.58. The van der Waals surface area contributed by atoms with Gasteiger partial charge in [0.25, 0.3) is 0 Å². The van der Waals surface area contributed by atoms with Crippen LogP contribution in [0.15, 0.2) is 0 Å². The Balaban J connectivity index is 2.52. The van der Waals surface area contributed by atoms with E-state index in [9.17, 15) is 9.59 Å². The molecule has 0 aromatic rings. The lowest BCUT2D eigenvalue weighted by Crippen LogP contribution is -2.69. The molecule has 0 aromatic heterocycles. The number of carbonyl (C=O) groups excluding carboxylic acids is 2. The van der Waals surface area contributed by atoms with Crippen molar-refractivity contribution in [3.8, 4) is 0 Å². The predicted octanol–water partition coefficient (Wildman–Crippen LogP) is -1.39. The van der Waals surface area contributed by atoms with Crippen LogP contribution in [0.1, 0.15) is 13.8 Å². The van der Waals surface area contributed by atoms with Gasteiger partial charge in [0.05, 0.1) is 19.6 Å². The molecule has 6 heteroatoms. The first-order chi connectivity index (χ1) is 6.49. The van der Waals surface area contributed by atoms with Crippen molar-refractivity contribution in [3.63, 3.8) is 0 Å². The van der Waals surface area contributed by atoms with Gasteiger partial charge in [0.15, 0.2) is 5.60 Å². The molecular weight excluding hydrogens is 186 g/mol. The van der Waals surface area contributed by atoms with Crippen LogP contribution < -0.4 is 11.3 Å². The van der Waals surface area contributed by atoms with Crippen molar-refractivity contribution < 1.29 is 14.3 Å². The molecule has 3 N–H and O–H groups in total. The molecule has 1 amide bonds. The van der Waals surface area contributed by atoms with Crippen molar-refractivity contribution >= 4 is 11.9 Å². The fraction of sp³-hybridized carbons (Fsp3) is 0.750. The lowest BCUT2D eigenvalue weighted by molar-refractivity contribution is -0.182. The van der Waals surface area contributed by atoms with E-state index in [0.717, 1.165) is 0 Å². The number of nitrogens with two attached hydrogens (primary N) is 1. The number of carbonyl (C=O) groups is 2. The standard InChI is InChI=1S/C8H15N3O3/c1-6(12)11-4-8(5-11,3-10-9)14-7(2)13/h10H,3-5,9H2,1-2H3. The molecule has 0 radical (unpaired) electrons. The minimum absolute atomic E-state index is 0.0233. The van der Waals surface area contributed by atoms with E-state index in [1.165, 1.54) is 13.8 Å². The number of ether oxygens (including phenoxy) is 1. The molecule has 14 heavy (non-hydrogen) atoms. The summed E-state index contributed by atoms with van der Waals surface area (Å²) in [7, 11) is 0. The molecule has 1 saturated heterocycles. The third kappa shape index (κ3) is 2.21. The SMILES string of the molecule is CC(=O)OC1(CNN)CN(C(C)=O)C1. The summed E-state index contributed by atoms with van der Waals surface area (Å²) in [5.41, 5.74) is 1.83. The highest BCUT2D eigenvalue weighted by atomic mass is 16.6. The van der Waals surface area contributed by atoms with Crippen LogP contribution in [0, 0.1) is 0 Å². The maximum Gasteiger partial charge on any atom is 0.303 e. The smallest absolute Gasteiger partial charge is 0.303 e. The Morgan fingerprint density at radius 3 is 2.43 bits per heavy atom. The van der Waals surface area contributed by atoms with Crippen molar-refractivity contribution in [3.05, 3.63) is 0 Å². The van der Waals surface area contributed by atoms with Crippen LogP contribution in [0.3, 0.4) is 0 Å². The molecule has 0 saturated carbocycles. The molecule has 6 nitrogen and oxygen atoms in total. The van der Waals surface area contributed by atoms with E-state index < -0.39 is 5.60 Å². The van der Waals surface area contributed by atoms with Gasteiger partial charge in [-0.3, -0.25) is 20.9 Å². The fourth-order valence-electron chi connectivity index (χ4n) is 1.58. The summed E-state index contributed by atoms with van der Waals surface area (Å²) in [4.78, 5) is 23.3. The van der Waals surface area contributed by atoms with Gasteiger partial charge < -0.3 is 9.64 Å². The van der Waals surface area contributed by atoms with Crippen molar-refractivity contribution in [2.75, 3.05) is 19.6 Å². The number of nitrogens with zero attached hydrogens (tertiary/aromatic N) is 1. The second-order valence-corrected chi connectivity index (χ2v) is 3.53. The first-order valence-electron chi connectivity index (χ1n) is 4.38. The molecule has 80 valence electrons. The minimum Gasteiger partial charge on any atom is -0.454 e. The summed E-state index contributed by atoms with van der Waals surface area (Å²) in [6.45, 7) is 4.00. The zero-order chi connectivity index (χ0) is 10.8. The number of hydrogen-bond acceptors (Lipinski definition) is 5. The lowest BCUT2D eigenvalue weighted by atomic mass is 9.94. The van der Waals surface area contributed by atoms with Crippen LogP contribution in [-0.2, 0) is 14.3 Å². The molecule has 0 bridgehead atoms. The Bertz CT molecular complexity index is 248. The first kappa shape index (κ1) is 10.9. The van der Waals surface area contributed by atoms with E-state index in [4.69, 9.17) is 10.6 Å². The molecule has 0 unspecified atom stereocenters. The highest BCUT2D eigenvalue weighted by Gasteiger charge is 2.46. The summed E-state index contributed by atoms with van der Waals surface area (Å²) in [5.74, 6) is 4.80. The number of amides is 1. The number of esters is 1. The van der Waals surface area contributed by atoms with Crippen LogP contribution in [-0.4, -0.2) is 42.0 Å². The van der Waals surface area contributed by atoms with Gasteiger partial charge in [-0.05, 0) is 0 Å². The third-order valence-electron chi connectivity index (χ3n) is 2.19. The molecule has 1 rings (SSSR count). The average Bonchev–Trinajstić information content (AvgIpc) is 1.97. The first-order valence-corrected chi connectivity index (χ1v) is 4.38. The Labute approximate surface area is 82.3 Å². The molecule has 0 atom stereocenters. The van der Waals surface area contributed by atoms with Crippen molar-refractivity contribution in [1.82, 2.24) is 10.3 Å². The van der Waals surface area contributed by atoms with Gasteiger partial charge >= 0.3 is 5.97 Å². The zero-order valence-corrected chi connectivity index (χ0v) is 8.37. The summed E-state index contributed by atoms with van der Waals surface area (Å²) < 4.78 is 5.12. The largest absolute Gasteiger partial charge is 0.454 e. The maximum absolute atomic E-state index is 10.9. The van der Waals surface area contributed by atoms with Crippen molar-refractivity contribution in [2.24, 2.45) is 5.84 Å². The monoisotopic (exact) mass is 201 g/mol. The second kappa shape index (κ2) is 3.93. The van der Waals surface area contributed by atoms with E-state index in [2.05, 4.69) is 5.43 Å². The molecular formula is C8H15N3O3. The molecule has 0 aromatic carbocycles.